The minimum atomic E-state index is -0.0830. The van der Waals surface area contributed by atoms with Gasteiger partial charge in [0, 0.05) is 6.42 Å². The molecule has 0 bridgehead atoms. The third kappa shape index (κ3) is 12.7. The molecule has 1 rings (SSSR count). The van der Waals surface area contributed by atoms with E-state index >= 15 is 0 Å². The molecule has 0 fully saturated rings. The Morgan fingerprint density at radius 3 is 1.89 bits per heavy atom. The highest BCUT2D eigenvalue weighted by Crippen LogP contribution is 2.24. The molecule has 154 valence electrons. The molecule has 0 saturated carbocycles. The van der Waals surface area contributed by atoms with E-state index in [4.69, 9.17) is 4.74 Å². The van der Waals surface area contributed by atoms with E-state index in [1.54, 1.807) is 0 Å². The van der Waals surface area contributed by atoms with Gasteiger partial charge >= 0.3 is 5.97 Å². The first-order valence-electron chi connectivity index (χ1n) is 11.4. The van der Waals surface area contributed by atoms with Gasteiger partial charge in [-0.3, -0.25) is 4.79 Å². The van der Waals surface area contributed by atoms with Crippen LogP contribution in [0.2, 0.25) is 0 Å². The Morgan fingerprint density at radius 2 is 1.30 bits per heavy atom. The Bertz CT molecular complexity index is 478. The summed E-state index contributed by atoms with van der Waals surface area (Å²) in [6, 6.07) is 7.73. The van der Waals surface area contributed by atoms with E-state index in [0.29, 0.717) is 18.1 Å². The normalized spacial score (nSPS) is 12.1. The van der Waals surface area contributed by atoms with E-state index in [9.17, 15) is 4.79 Å². The molecule has 2 heteroatoms. The summed E-state index contributed by atoms with van der Waals surface area (Å²) in [5.74, 6) is 1.26. The molecule has 27 heavy (non-hydrogen) atoms. The standard InChI is InChI=1S/C25H42O2/c1-4-6-8-10-11-13-15-23(14-12-9-7-5-2)18-21-25(26)27-24-19-16-22(3)17-20-24/h16-17,19-20,23H,4-15,18,21H2,1-3H3. The second kappa shape index (κ2) is 15.7. The fraction of sp³-hybridized carbons (Fsp3) is 0.720. The van der Waals surface area contributed by atoms with Crippen LogP contribution in [0, 0.1) is 12.8 Å². The molecule has 0 spiro atoms. The number of rotatable bonds is 16. The van der Waals surface area contributed by atoms with E-state index < -0.39 is 0 Å². The Balaban J connectivity index is 2.32. The number of benzene rings is 1. The van der Waals surface area contributed by atoms with Crippen LogP contribution in [0.5, 0.6) is 5.75 Å². The van der Waals surface area contributed by atoms with Crippen molar-refractivity contribution in [2.75, 3.05) is 0 Å². The number of carbonyl (C=O) groups is 1. The van der Waals surface area contributed by atoms with E-state index in [2.05, 4.69) is 13.8 Å². The molecule has 0 radical (unpaired) electrons. The highest BCUT2D eigenvalue weighted by atomic mass is 16.5. The Hall–Kier alpha value is -1.31. The first-order chi connectivity index (χ1) is 13.2. The molecule has 0 N–H and O–H groups in total. The second-order valence-corrected chi connectivity index (χ2v) is 8.10. The van der Waals surface area contributed by atoms with Gasteiger partial charge in [0.15, 0.2) is 0 Å². The number of unbranched alkanes of at least 4 members (excludes halogenated alkanes) is 8. The lowest BCUT2D eigenvalue weighted by molar-refractivity contribution is -0.134. The van der Waals surface area contributed by atoms with Gasteiger partial charge in [0.1, 0.15) is 5.75 Å². The van der Waals surface area contributed by atoms with Crippen LogP contribution in [0.4, 0.5) is 0 Å². The third-order valence-corrected chi connectivity index (χ3v) is 5.44. The van der Waals surface area contributed by atoms with Crippen molar-refractivity contribution in [2.45, 2.75) is 111 Å². The highest BCUT2D eigenvalue weighted by molar-refractivity contribution is 5.72. The van der Waals surface area contributed by atoms with Crippen molar-refractivity contribution in [3.63, 3.8) is 0 Å². The maximum atomic E-state index is 12.2. The van der Waals surface area contributed by atoms with Gasteiger partial charge in [-0.05, 0) is 31.4 Å². The average molecular weight is 375 g/mol. The Morgan fingerprint density at radius 1 is 0.778 bits per heavy atom. The largest absolute Gasteiger partial charge is 0.427 e. The molecule has 0 aliphatic rings. The summed E-state index contributed by atoms with van der Waals surface area (Å²) < 4.78 is 5.49. The summed E-state index contributed by atoms with van der Waals surface area (Å²) >= 11 is 0. The quantitative estimate of drug-likeness (QED) is 0.166. The summed E-state index contributed by atoms with van der Waals surface area (Å²) in [7, 11) is 0. The predicted molar refractivity (Wildman–Crippen MR) is 116 cm³/mol. The van der Waals surface area contributed by atoms with Crippen molar-refractivity contribution in [1.82, 2.24) is 0 Å². The number of hydrogen-bond acceptors (Lipinski definition) is 2. The topological polar surface area (TPSA) is 26.3 Å². The third-order valence-electron chi connectivity index (χ3n) is 5.44. The minimum absolute atomic E-state index is 0.0830. The second-order valence-electron chi connectivity index (χ2n) is 8.10. The Labute approximate surface area is 168 Å². The van der Waals surface area contributed by atoms with E-state index in [0.717, 1.165) is 6.42 Å². The van der Waals surface area contributed by atoms with Crippen molar-refractivity contribution >= 4 is 5.97 Å². The van der Waals surface area contributed by atoms with Crippen LogP contribution in [0.1, 0.15) is 109 Å². The molecular formula is C25H42O2. The lowest BCUT2D eigenvalue weighted by Crippen LogP contribution is -2.11. The summed E-state index contributed by atoms with van der Waals surface area (Å²) in [6.45, 7) is 6.56. The van der Waals surface area contributed by atoms with E-state index in [1.165, 1.54) is 82.6 Å². The summed E-state index contributed by atoms with van der Waals surface area (Å²) in [4.78, 5) is 12.2. The first kappa shape index (κ1) is 23.7. The van der Waals surface area contributed by atoms with Crippen LogP contribution >= 0.6 is 0 Å². The number of aryl methyl sites for hydroxylation is 1. The molecule has 2 nitrogen and oxygen atoms in total. The molecule has 0 amide bonds. The van der Waals surface area contributed by atoms with Crippen molar-refractivity contribution in [3.05, 3.63) is 29.8 Å². The van der Waals surface area contributed by atoms with Crippen LogP contribution in [-0.2, 0) is 4.79 Å². The fourth-order valence-corrected chi connectivity index (χ4v) is 3.62. The number of carbonyl (C=O) groups excluding carboxylic acids is 1. The van der Waals surface area contributed by atoms with Crippen LogP contribution in [0.25, 0.3) is 0 Å². The smallest absolute Gasteiger partial charge is 0.311 e. The zero-order chi connectivity index (χ0) is 19.7. The molecule has 1 aromatic carbocycles. The van der Waals surface area contributed by atoms with Gasteiger partial charge in [-0.25, -0.2) is 0 Å². The monoisotopic (exact) mass is 374 g/mol. The van der Waals surface area contributed by atoms with Gasteiger partial charge in [-0.15, -0.1) is 0 Å². The van der Waals surface area contributed by atoms with Crippen LogP contribution in [0.3, 0.4) is 0 Å². The maximum absolute atomic E-state index is 12.2. The summed E-state index contributed by atoms with van der Waals surface area (Å²) in [5, 5.41) is 0. The molecule has 0 heterocycles. The number of esters is 1. The molecule has 0 aromatic heterocycles. The lowest BCUT2D eigenvalue weighted by atomic mass is 9.90. The molecule has 0 saturated heterocycles. The van der Waals surface area contributed by atoms with Crippen LogP contribution < -0.4 is 4.74 Å². The van der Waals surface area contributed by atoms with E-state index in [-0.39, 0.29) is 5.97 Å². The number of hydrogen-bond donors (Lipinski definition) is 0. The predicted octanol–water partition coefficient (Wildman–Crippen LogP) is 8.02. The molecule has 1 atom stereocenters. The zero-order valence-electron chi connectivity index (χ0n) is 18.1. The molecule has 0 aliphatic carbocycles. The van der Waals surface area contributed by atoms with Crippen molar-refractivity contribution < 1.29 is 9.53 Å². The van der Waals surface area contributed by atoms with Crippen molar-refractivity contribution in [3.8, 4) is 5.75 Å². The maximum Gasteiger partial charge on any atom is 0.311 e. The molecular weight excluding hydrogens is 332 g/mol. The SMILES string of the molecule is CCCCCCCCC(CCCCCC)CCC(=O)Oc1ccc(C)cc1. The van der Waals surface area contributed by atoms with Crippen LogP contribution in [0.15, 0.2) is 24.3 Å². The molecule has 1 unspecified atom stereocenters. The number of ether oxygens (including phenoxy) is 1. The van der Waals surface area contributed by atoms with Gasteiger partial charge in [-0.2, -0.15) is 0 Å². The van der Waals surface area contributed by atoms with Gasteiger partial charge < -0.3 is 4.74 Å². The zero-order valence-corrected chi connectivity index (χ0v) is 18.1. The van der Waals surface area contributed by atoms with Crippen molar-refractivity contribution in [1.29, 1.82) is 0 Å². The average Bonchev–Trinajstić information content (AvgIpc) is 2.67. The fourth-order valence-electron chi connectivity index (χ4n) is 3.62. The Kier molecular flexibility index (Phi) is 13.8. The van der Waals surface area contributed by atoms with Gasteiger partial charge in [0.2, 0.25) is 0 Å². The first-order valence-corrected chi connectivity index (χ1v) is 11.4. The minimum Gasteiger partial charge on any atom is -0.427 e. The van der Waals surface area contributed by atoms with Gasteiger partial charge in [0.05, 0.1) is 0 Å². The molecule has 0 aliphatic heterocycles. The summed E-state index contributed by atoms with van der Waals surface area (Å²) in [5.41, 5.74) is 1.18. The van der Waals surface area contributed by atoms with Crippen molar-refractivity contribution in [2.24, 2.45) is 5.92 Å². The van der Waals surface area contributed by atoms with Gasteiger partial charge in [0.25, 0.3) is 0 Å². The summed E-state index contributed by atoms with van der Waals surface area (Å²) in [6.07, 6.45) is 17.4. The van der Waals surface area contributed by atoms with E-state index in [1.807, 2.05) is 31.2 Å². The lowest BCUT2D eigenvalue weighted by Gasteiger charge is -2.16. The highest BCUT2D eigenvalue weighted by Gasteiger charge is 2.13. The van der Waals surface area contributed by atoms with Gasteiger partial charge in [-0.1, -0.05) is 109 Å². The molecule has 1 aromatic rings. The van der Waals surface area contributed by atoms with Crippen LogP contribution in [-0.4, -0.2) is 5.97 Å².